The van der Waals surface area contributed by atoms with Crippen molar-refractivity contribution in [3.05, 3.63) is 71.0 Å². The molecule has 1 heterocycles. The first-order valence-corrected chi connectivity index (χ1v) is 7.52. The number of hydrogen-bond acceptors (Lipinski definition) is 4. The van der Waals surface area contributed by atoms with Crippen LogP contribution in [0.3, 0.4) is 0 Å². The Morgan fingerprint density at radius 1 is 1.21 bits per heavy atom. The fraction of sp³-hybridized carbons (Fsp3) is 0.158. The lowest BCUT2D eigenvalue weighted by molar-refractivity contribution is -0.110. The quantitative estimate of drug-likeness (QED) is 0.814. The van der Waals surface area contributed by atoms with Crippen LogP contribution >= 0.6 is 0 Å². The fourth-order valence-electron chi connectivity index (χ4n) is 2.76. The van der Waals surface area contributed by atoms with Crippen molar-refractivity contribution in [2.45, 2.75) is 13.0 Å². The van der Waals surface area contributed by atoms with Gasteiger partial charge in [-0.1, -0.05) is 23.8 Å². The van der Waals surface area contributed by atoms with Crippen molar-refractivity contribution in [2.75, 3.05) is 12.1 Å². The van der Waals surface area contributed by atoms with Crippen molar-refractivity contribution in [3.8, 4) is 6.07 Å². The third kappa shape index (κ3) is 2.68. The highest BCUT2D eigenvalue weighted by Crippen LogP contribution is 2.34. The number of rotatable bonds is 3. The van der Waals surface area contributed by atoms with Gasteiger partial charge in [0, 0.05) is 12.6 Å². The molecule has 3 rings (SSSR count). The number of carbonyl (C=O) groups excluding carboxylic acids is 1. The number of nitriles is 1. The van der Waals surface area contributed by atoms with Gasteiger partial charge in [-0.3, -0.25) is 5.01 Å². The third-order valence-electron chi connectivity index (χ3n) is 4.11. The van der Waals surface area contributed by atoms with Gasteiger partial charge in [-0.05, 0) is 37.3 Å². The van der Waals surface area contributed by atoms with Crippen LogP contribution in [0.2, 0.25) is 0 Å². The van der Waals surface area contributed by atoms with Gasteiger partial charge in [-0.15, -0.1) is 0 Å². The molecule has 0 aliphatic carbocycles. The first kappa shape index (κ1) is 15.9. The minimum atomic E-state index is -0.572. The van der Waals surface area contributed by atoms with Gasteiger partial charge in [0.15, 0.2) is 0 Å². The number of hydrogen-bond donors (Lipinski definition) is 0. The van der Waals surface area contributed by atoms with Crippen LogP contribution in [0.4, 0.5) is 10.1 Å². The summed E-state index contributed by atoms with van der Waals surface area (Å²) < 4.78 is 14.0. The molecule has 2 aromatic carbocycles. The summed E-state index contributed by atoms with van der Waals surface area (Å²) >= 11 is 0. The number of anilines is 1. The van der Waals surface area contributed by atoms with E-state index in [0.717, 1.165) is 17.5 Å². The summed E-state index contributed by atoms with van der Waals surface area (Å²) in [6.07, 6.45) is 2.63. The maximum Gasteiger partial charge on any atom is 0.142 e. The molecular formula is C19H16FN3O. The monoisotopic (exact) mass is 321 g/mol. The second-order valence-electron chi connectivity index (χ2n) is 5.71. The molecule has 5 heteroatoms. The average molecular weight is 321 g/mol. The Morgan fingerprint density at radius 3 is 2.50 bits per heavy atom. The van der Waals surface area contributed by atoms with E-state index >= 15 is 0 Å². The van der Waals surface area contributed by atoms with Crippen molar-refractivity contribution in [2.24, 2.45) is 0 Å². The first-order chi connectivity index (χ1) is 11.5. The summed E-state index contributed by atoms with van der Waals surface area (Å²) in [7, 11) is 1.81. The van der Waals surface area contributed by atoms with Crippen molar-refractivity contribution < 1.29 is 9.18 Å². The Kier molecular flexibility index (Phi) is 4.15. The Bertz CT molecular complexity index is 852. The molecule has 1 unspecified atom stereocenters. The molecule has 0 fully saturated rings. The third-order valence-corrected chi connectivity index (χ3v) is 4.11. The van der Waals surface area contributed by atoms with Crippen LogP contribution in [0.1, 0.15) is 16.7 Å². The second kappa shape index (κ2) is 6.26. The van der Waals surface area contributed by atoms with Gasteiger partial charge in [0.2, 0.25) is 0 Å². The Balaban J connectivity index is 2.08. The first-order valence-electron chi connectivity index (χ1n) is 7.52. The molecule has 4 nitrogen and oxygen atoms in total. The predicted octanol–water partition coefficient (Wildman–Crippen LogP) is 3.28. The van der Waals surface area contributed by atoms with E-state index in [9.17, 15) is 9.18 Å². The number of carbonyl (C=O) groups is 1. The maximum atomic E-state index is 14.0. The van der Waals surface area contributed by atoms with Gasteiger partial charge >= 0.3 is 0 Å². The molecule has 0 saturated carbocycles. The number of aryl methyl sites for hydroxylation is 1. The lowest BCUT2D eigenvalue weighted by Gasteiger charge is -2.31. The smallest absolute Gasteiger partial charge is 0.142 e. The lowest BCUT2D eigenvalue weighted by Crippen LogP contribution is -2.39. The van der Waals surface area contributed by atoms with Crippen LogP contribution in [0.15, 0.2) is 48.5 Å². The SMILES string of the molecule is Cc1ccc(N2C(c3ccc(C#N)c(F)c3)=CC(C=O)N2C)cc1. The maximum absolute atomic E-state index is 14.0. The van der Waals surface area contributed by atoms with E-state index in [1.54, 1.807) is 17.2 Å². The lowest BCUT2D eigenvalue weighted by atomic mass is 10.1. The zero-order valence-electron chi connectivity index (χ0n) is 13.4. The molecule has 2 aromatic rings. The summed E-state index contributed by atoms with van der Waals surface area (Å²) in [5, 5.41) is 12.6. The van der Waals surface area contributed by atoms with Crippen molar-refractivity contribution in [1.82, 2.24) is 5.01 Å². The molecule has 0 amide bonds. The van der Waals surface area contributed by atoms with Gasteiger partial charge in [0.25, 0.3) is 0 Å². The van der Waals surface area contributed by atoms with E-state index in [4.69, 9.17) is 5.26 Å². The van der Waals surface area contributed by atoms with Crippen molar-refractivity contribution in [3.63, 3.8) is 0 Å². The van der Waals surface area contributed by atoms with E-state index in [1.165, 1.54) is 12.1 Å². The number of hydrazine groups is 1. The summed E-state index contributed by atoms with van der Waals surface area (Å²) in [6.45, 7) is 2.00. The average Bonchev–Trinajstić information content (AvgIpc) is 2.92. The van der Waals surface area contributed by atoms with E-state index in [2.05, 4.69) is 0 Å². The Labute approximate surface area is 140 Å². The van der Waals surface area contributed by atoms with E-state index in [-0.39, 0.29) is 5.56 Å². The molecule has 0 aromatic heterocycles. The molecule has 1 aliphatic rings. The molecule has 120 valence electrons. The van der Waals surface area contributed by atoms with E-state index in [0.29, 0.717) is 11.3 Å². The predicted molar refractivity (Wildman–Crippen MR) is 90.4 cm³/mol. The largest absolute Gasteiger partial charge is 0.301 e. The molecule has 1 atom stereocenters. The van der Waals surface area contributed by atoms with Gasteiger partial charge in [0.05, 0.1) is 16.9 Å². The van der Waals surface area contributed by atoms with Crippen molar-refractivity contribution >= 4 is 17.7 Å². The van der Waals surface area contributed by atoms with Crippen LogP contribution in [-0.2, 0) is 4.79 Å². The molecule has 1 aliphatic heterocycles. The van der Waals surface area contributed by atoms with Crippen LogP contribution in [0.25, 0.3) is 5.70 Å². The van der Waals surface area contributed by atoms with Gasteiger partial charge in [-0.25, -0.2) is 9.40 Å². The normalized spacial score (nSPS) is 17.5. The number of halogens is 1. The number of nitrogens with zero attached hydrogens (tertiary/aromatic N) is 3. The number of likely N-dealkylation sites (N-methyl/N-ethyl adjacent to an activating group) is 1. The van der Waals surface area contributed by atoms with E-state index in [1.807, 2.05) is 49.3 Å². The highest BCUT2D eigenvalue weighted by Gasteiger charge is 2.31. The van der Waals surface area contributed by atoms with Crippen LogP contribution in [-0.4, -0.2) is 24.4 Å². The summed E-state index contributed by atoms with van der Waals surface area (Å²) in [4.78, 5) is 11.4. The molecule has 24 heavy (non-hydrogen) atoms. The van der Waals surface area contributed by atoms with Crippen molar-refractivity contribution in [1.29, 1.82) is 5.26 Å². The molecule has 0 radical (unpaired) electrons. The fourth-order valence-corrected chi connectivity index (χ4v) is 2.76. The molecule has 0 N–H and O–H groups in total. The van der Waals surface area contributed by atoms with Crippen LogP contribution in [0, 0.1) is 24.1 Å². The Hall–Kier alpha value is -2.97. The zero-order chi connectivity index (χ0) is 17.3. The minimum absolute atomic E-state index is 0.000440. The second-order valence-corrected chi connectivity index (χ2v) is 5.71. The highest BCUT2D eigenvalue weighted by atomic mass is 19.1. The Morgan fingerprint density at radius 2 is 1.92 bits per heavy atom. The van der Waals surface area contributed by atoms with Gasteiger partial charge in [0.1, 0.15) is 24.2 Å². The van der Waals surface area contributed by atoms with Gasteiger partial charge < -0.3 is 4.79 Å². The molecule has 0 spiro atoms. The van der Waals surface area contributed by atoms with Gasteiger partial charge in [-0.2, -0.15) is 5.26 Å². The standard InChI is InChI=1S/C19H16FN3O/c1-13-3-7-16(8-4-13)23-19(10-17(12-24)22(23)2)14-5-6-15(11-21)18(20)9-14/h3-10,12,17H,1-2H3. The van der Waals surface area contributed by atoms with Crippen LogP contribution < -0.4 is 5.01 Å². The van der Waals surface area contributed by atoms with E-state index < -0.39 is 11.9 Å². The molecule has 0 saturated heterocycles. The van der Waals surface area contributed by atoms with Crippen LogP contribution in [0.5, 0.6) is 0 Å². The number of aldehydes is 1. The molecular weight excluding hydrogens is 305 g/mol. The highest BCUT2D eigenvalue weighted by molar-refractivity contribution is 5.85. The molecule has 0 bridgehead atoms. The summed E-state index contributed by atoms with van der Waals surface area (Å²) in [5.41, 5.74) is 3.33. The number of benzene rings is 2. The minimum Gasteiger partial charge on any atom is -0.301 e. The summed E-state index contributed by atoms with van der Waals surface area (Å²) in [6, 6.07) is 13.7. The topological polar surface area (TPSA) is 47.3 Å². The zero-order valence-corrected chi connectivity index (χ0v) is 13.4. The summed E-state index contributed by atoms with van der Waals surface area (Å²) in [5.74, 6) is -0.572.